The molecule has 4 aliphatic rings. The zero-order valence-electron chi connectivity index (χ0n) is 24.0. The summed E-state index contributed by atoms with van der Waals surface area (Å²) in [6.07, 6.45) is 9.32. The third-order valence-electron chi connectivity index (χ3n) is 9.93. The second kappa shape index (κ2) is 9.95. The normalized spacial score (nSPS) is 24.7. The molecule has 0 radical (unpaired) electrons. The minimum absolute atomic E-state index is 0.00164. The van der Waals surface area contributed by atoms with Crippen molar-refractivity contribution in [3.63, 3.8) is 0 Å². The van der Waals surface area contributed by atoms with E-state index in [-0.39, 0.29) is 11.8 Å². The smallest absolute Gasteiger partial charge is 0.225 e. The maximum absolute atomic E-state index is 10.3. The van der Waals surface area contributed by atoms with E-state index in [0.29, 0.717) is 28.5 Å². The number of phenolic OH excluding ortho intramolecular Hbond substituents is 1. The Balaban J connectivity index is 1.05. The van der Waals surface area contributed by atoms with Crippen molar-refractivity contribution in [1.82, 2.24) is 25.2 Å². The number of aromatic hydroxyl groups is 1. The van der Waals surface area contributed by atoms with Crippen molar-refractivity contribution < 1.29 is 5.11 Å². The number of nitrogens with two attached hydrogens (primary N) is 2. The number of fused-ring (bicyclic) bond motifs is 1. The van der Waals surface area contributed by atoms with Gasteiger partial charge in [0.2, 0.25) is 5.95 Å². The van der Waals surface area contributed by atoms with Crippen LogP contribution < -0.4 is 26.6 Å². The van der Waals surface area contributed by atoms with Crippen molar-refractivity contribution in [2.75, 3.05) is 54.8 Å². The highest BCUT2D eigenvalue weighted by atomic mass is 16.3. The largest absolute Gasteiger partial charge is 0.507 e. The molecule has 1 aliphatic carbocycles. The predicted octanol–water partition coefficient (Wildman–Crippen LogP) is 2.94. The lowest BCUT2D eigenvalue weighted by atomic mass is 9.61. The molecule has 2 saturated heterocycles. The first kappa shape index (κ1) is 26.2. The van der Waals surface area contributed by atoms with Crippen LogP contribution in [0.2, 0.25) is 0 Å². The number of rotatable bonds is 5. The monoisotopic (exact) mass is 555 g/mol. The van der Waals surface area contributed by atoms with Gasteiger partial charge in [-0.15, -0.1) is 0 Å². The number of hydrogen-bond donors (Lipinski definition) is 5. The van der Waals surface area contributed by atoms with Gasteiger partial charge in [-0.25, -0.2) is 9.97 Å². The van der Waals surface area contributed by atoms with E-state index >= 15 is 0 Å². The first-order valence-corrected chi connectivity index (χ1v) is 14.9. The minimum atomic E-state index is 0.00164. The highest BCUT2D eigenvalue weighted by molar-refractivity contribution is 5.86. The summed E-state index contributed by atoms with van der Waals surface area (Å²) in [4.78, 5) is 20.4. The Kier molecular flexibility index (Phi) is 6.35. The van der Waals surface area contributed by atoms with Crippen LogP contribution in [0.25, 0.3) is 11.8 Å². The summed E-state index contributed by atoms with van der Waals surface area (Å²) < 4.78 is 0. The summed E-state index contributed by atoms with van der Waals surface area (Å²) in [5.74, 6) is 1.44. The first-order chi connectivity index (χ1) is 19.8. The zero-order chi connectivity index (χ0) is 28.3. The number of H-pyrrole nitrogens is 1. The summed E-state index contributed by atoms with van der Waals surface area (Å²) in [6, 6.07) is 8.34. The molecule has 5 heterocycles. The summed E-state index contributed by atoms with van der Waals surface area (Å²) >= 11 is 0. The zero-order valence-corrected chi connectivity index (χ0v) is 24.0. The van der Waals surface area contributed by atoms with Gasteiger partial charge in [0.05, 0.1) is 24.1 Å². The number of nitrogens with one attached hydrogen (secondary N) is 2. The number of anilines is 3. The van der Waals surface area contributed by atoms with Gasteiger partial charge in [-0.1, -0.05) is 12.1 Å². The fraction of sp³-hybridized carbons (Fsp3) is 0.484. The van der Waals surface area contributed by atoms with Crippen LogP contribution in [0.4, 0.5) is 17.5 Å². The van der Waals surface area contributed by atoms with Crippen LogP contribution in [-0.4, -0.2) is 76.3 Å². The lowest BCUT2D eigenvalue weighted by Gasteiger charge is -2.59. The fourth-order valence-corrected chi connectivity index (χ4v) is 7.56. The molecule has 3 aromatic rings. The van der Waals surface area contributed by atoms with Crippen LogP contribution in [0, 0.1) is 5.41 Å². The maximum atomic E-state index is 10.3. The Bertz CT molecular complexity index is 1450. The van der Waals surface area contributed by atoms with E-state index in [9.17, 15) is 5.11 Å². The topological polar surface area (TPSA) is 136 Å². The van der Waals surface area contributed by atoms with Crippen LogP contribution >= 0.6 is 0 Å². The molecule has 0 amide bonds. The fourth-order valence-electron chi connectivity index (χ4n) is 7.56. The van der Waals surface area contributed by atoms with Gasteiger partial charge in [-0.3, -0.25) is 4.90 Å². The number of aromatic nitrogens is 3. The van der Waals surface area contributed by atoms with Crippen LogP contribution in [0.3, 0.4) is 0 Å². The third-order valence-corrected chi connectivity index (χ3v) is 9.93. The Morgan fingerprint density at radius 1 is 1.10 bits per heavy atom. The van der Waals surface area contributed by atoms with Crippen LogP contribution in [0.5, 0.6) is 5.75 Å². The highest BCUT2D eigenvalue weighted by Crippen LogP contribution is 2.47. The first-order valence-electron chi connectivity index (χ1n) is 14.9. The molecule has 3 aliphatic heterocycles. The number of nitrogens with zero attached hydrogens (tertiary/aromatic N) is 5. The molecule has 10 nitrogen and oxygen atoms in total. The Labute approximate surface area is 241 Å². The van der Waals surface area contributed by atoms with Crippen molar-refractivity contribution in [2.24, 2.45) is 11.1 Å². The van der Waals surface area contributed by atoms with Gasteiger partial charge in [-0.2, -0.15) is 0 Å². The van der Waals surface area contributed by atoms with Gasteiger partial charge in [-0.05, 0) is 50.3 Å². The number of para-hydroxylation sites is 1. The number of piperazine rings is 1. The van der Waals surface area contributed by atoms with Crippen molar-refractivity contribution in [3.8, 4) is 5.75 Å². The van der Waals surface area contributed by atoms with Crippen LogP contribution in [0.15, 0.2) is 36.7 Å². The molecule has 1 spiro atoms. The SMILES string of the molecule is CC1c2c([nH]c(N)c2/C=C(\N)c2ccccc2O)CCN1c1ncc(N2CCN(C3CC4(CNC4)C3)C(C)C2)cn1. The van der Waals surface area contributed by atoms with Gasteiger partial charge in [0.1, 0.15) is 11.6 Å². The van der Waals surface area contributed by atoms with Gasteiger partial charge < -0.3 is 36.7 Å². The highest BCUT2D eigenvalue weighted by Gasteiger charge is 2.51. The van der Waals surface area contributed by atoms with E-state index in [0.717, 1.165) is 67.1 Å². The Hall–Kier alpha value is -3.76. The lowest BCUT2D eigenvalue weighted by molar-refractivity contribution is -0.0518. The van der Waals surface area contributed by atoms with E-state index in [1.165, 1.54) is 25.9 Å². The van der Waals surface area contributed by atoms with E-state index < -0.39 is 0 Å². The number of aromatic amines is 1. The molecule has 0 bridgehead atoms. The van der Waals surface area contributed by atoms with E-state index in [4.69, 9.17) is 21.4 Å². The standard InChI is InChI=1S/C31H41N9O/c1-19-16-38(9-10-39(19)21-12-31(13-21)17-34-18-31)22-14-35-30(36-15-22)40-8-7-26-28(20(40)2)24(29(33)37-26)11-25(32)23-5-3-4-6-27(23)41/h3-6,11,14-15,19-21,34,37,41H,7-10,12-13,16-18,32-33H2,1-2H3/b25-11-. The Morgan fingerprint density at radius 2 is 1.85 bits per heavy atom. The Morgan fingerprint density at radius 3 is 2.54 bits per heavy atom. The van der Waals surface area contributed by atoms with E-state index in [2.05, 4.69) is 38.8 Å². The molecule has 1 saturated carbocycles. The van der Waals surface area contributed by atoms with Gasteiger partial charge in [0.25, 0.3) is 0 Å². The van der Waals surface area contributed by atoms with Gasteiger partial charge in [0, 0.05) is 85.9 Å². The van der Waals surface area contributed by atoms with Gasteiger partial charge >= 0.3 is 0 Å². The molecule has 2 aromatic heterocycles. The molecule has 3 fully saturated rings. The summed E-state index contributed by atoms with van der Waals surface area (Å²) in [5.41, 5.74) is 18.7. The minimum Gasteiger partial charge on any atom is -0.507 e. The van der Waals surface area contributed by atoms with E-state index in [1.54, 1.807) is 18.2 Å². The third kappa shape index (κ3) is 4.49. The molecule has 10 heteroatoms. The molecule has 216 valence electrons. The quantitative estimate of drug-likeness (QED) is 0.322. The maximum Gasteiger partial charge on any atom is 0.225 e. The van der Waals surface area contributed by atoms with Gasteiger partial charge in [0.15, 0.2) is 0 Å². The van der Waals surface area contributed by atoms with Crippen LogP contribution in [-0.2, 0) is 6.42 Å². The van der Waals surface area contributed by atoms with Crippen LogP contribution in [0.1, 0.15) is 55.1 Å². The lowest BCUT2D eigenvalue weighted by Crippen LogP contribution is -2.68. The molecule has 1 aromatic carbocycles. The molecule has 2 atom stereocenters. The predicted molar refractivity (Wildman–Crippen MR) is 164 cm³/mol. The number of nitrogen functional groups attached to an aromatic ring is 1. The molecule has 41 heavy (non-hydrogen) atoms. The second-order valence-corrected chi connectivity index (χ2v) is 12.5. The molecule has 7 N–H and O–H groups in total. The average Bonchev–Trinajstić information content (AvgIpc) is 3.24. The summed E-state index contributed by atoms with van der Waals surface area (Å²) in [5, 5.41) is 13.7. The molecular formula is C31H41N9O. The van der Waals surface area contributed by atoms with E-state index in [1.807, 2.05) is 24.5 Å². The van der Waals surface area contributed by atoms with Crippen molar-refractivity contribution >= 4 is 29.2 Å². The van der Waals surface area contributed by atoms with Crippen molar-refractivity contribution in [3.05, 3.63) is 59.0 Å². The molecule has 2 unspecified atom stereocenters. The second-order valence-electron chi connectivity index (χ2n) is 12.5. The number of phenols is 1. The summed E-state index contributed by atoms with van der Waals surface area (Å²) in [7, 11) is 0. The number of hydrogen-bond acceptors (Lipinski definition) is 9. The summed E-state index contributed by atoms with van der Waals surface area (Å²) in [6.45, 7) is 10.8. The molecule has 7 rings (SSSR count). The van der Waals surface area contributed by atoms with Crippen molar-refractivity contribution in [2.45, 2.75) is 51.2 Å². The van der Waals surface area contributed by atoms with Crippen molar-refractivity contribution in [1.29, 1.82) is 0 Å². The molecular weight excluding hydrogens is 514 g/mol. The number of benzene rings is 1. The average molecular weight is 556 g/mol.